The summed E-state index contributed by atoms with van der Waals surface area (Å²) in [5.41, 5.74) is 0.459. The highest BCUT2D eigenvalue weighted by Gasteiger charge is 2.07. The maximum absolute atomic E-state index is 8.62. The minimum absolute atomic E-state index is 0.260. The van der Waals surface area contributed by atoms with Crippen LogP contribution in [0.4, 0.5) is 0 Å². The van der Waals surface area contributed by atoms with E-state index in [1.807, 2.05) is 0 Å². The van der Waals surface area contributed by atoms with Gasteiger partial charge in [0.05, 0.1) is 15.1 Å². The summed E-state index contributed by atoms with van der Waals surface area (Å²) in [7, 11) is 0. The van der Waals surface area contributed by atoms with E-state index in [-0.39, 0.29) is 10.0 Å². The van der Waals surface area contributed by atoms with Crippen LogP contribution < -0.4 is 0 Å². The highest BCUT2D eigenvalue weighted by atomic mass is 35.5. The molecule has 1 rings (SSSR count). The van der Waals surface area contributed by atoms with Crippen molar-refractivity contribution in [3.05, 3.63) is 39.4 Å². The molecule has 0 aromatic heterocycles. The summed E-state index contributed by atoms with van der Waals surface area (Å²) >= 11 is 17.0. The van der Waals surface area contributed by atoms with Crippen molar-refractivity contribution in [3.8, 4) is 0 Å². The second-order valence-electron chi connectivity index (χ2n) is 1.89. The lowest BCUT2D eigenvalue weighted by Gasteiger charge is -2.02. The molecule has 1 N–H and O–H groups in total. The highest BCUT2D eigenvalue weighted by Crippen LogP contribution is 2.32. The van der Waals surface area contributed by atoms with Gasteiger partial charge in [0.15, 0.2) is 0 Å². The smallest absolute Gasteiger partial charge is 0.111 e. The Balaban J connectivity index is 3.25. The second-order valence-corrected chi connectivity index (χ2v) is 3.06. The molecule has 11 heavy (non-hydrogen) atoms. The van der Waals surface area contributed by atoms with Crippen molar-refractivity contribution < 1.29 is 5.11 Å². The zero-order valence-corrected chi connectivity index (χ0v) is 7.58. The molecule has 1 nitrogen and oxygen atoms in total. The predicted octanol–water partition coefficient (Wildman–Crippen LogP) is 3.53. The van der Waals surface area contributed by atoms with Gasteiger partial charge >= 0.3 is 0 Å². The first-order valence-corrected chi connectivity index (χ1v) is 3.91. The van der Waals surface area contributed by atoms with Crippen LogP contribution in [0.1, 0.15) is 5.56 Å². The molecule has 0 aliphatic carbocycles. The zero-order valence-electron chi connectivity index (χ0n) is 5.31. The third kappa shape index (κ3) is 1.79. The van der Waals surface area contributed by atoms with Crippen molar-refractivity contribution in [1.82, 2.24) is 0 Å². The van der Waals surface area contributed by atoms with Gasteiger partial charge in [0.2, 0.25) is 0 Å². The van der Waals surface area contributed by atoms with E-state index in [9.17, 15) is 0 Å². The molecule has 0 unspecified atom stereocenters. The number of aliphatic hydroxyl groups excluding tert-OH is 1. The van der Waals surface area contributed by atoms with E-state index in [0.29, 0.717) is 10.6 Å². The fourth-order valence-corrected chi connectivity index (χ4v) is 1.23. The van der Waals surface area contributed by atoms with Crippen molar-refractivity contribution in [1.29, 1.82) is 0 Å². The Hall–Kier alpha value is 0.0500. The summed E-state index contributed by atoms with van der Waals surface area (Å²) in [6.07, 6.45) is 0. The molecule has 0 atom stereocenters. The first-order chi connectivity index (χ1) is 5.16. The molecular formula is C7H4Cl3O. The van der Waals surface area contributed by atoms with E-state index in [1.54, 1.807) is 12.1 Å². The summed E-state index contributed by atoms with van der Waals surface area (Å²) in [6, 6.07) is 3.15. The van der Waals surface area contributed by atoms with Gasteiger partial charge in [-0.05, 0) is 6.07 Å². The van der Waals surface area contributed by atoms with Crippen LogP contribution in [-0.4, -0.2) is 5.11 Å². The molecule has 0 amide bonds. The Morgan fingerprint density at radius 1 is 1.09 bits per heavy atom. The zero-order chi connectivity index (χ0) is 8.43. The van der Waals surface area contributed by atoms with E-state index in [0.717, 1.165) is 6.61 Å². The maximum Gasteiger partial charge on any atom is 0.111 e. The summed E-state index contributed by atoms with van der Waals surface area (Å²) in [6.45, 7) is 0.880. The molecule has 0 fully saturated rings. The van der Waals surface area contributed by atoms with Crippen molar-refractivity contribution in [2.75, 3.05) is 0 Å². The van der Waals surface area contributed by atoms with Gasteiger partial charge in [-0.3, -0.25) is 0 Å². The molecule has 1 aromatic rings. The third-order valence-corrected chi connectivity index (χ3v) is 2.51. The highest BCUT2D eigenvalue weighted by molar-refractivity contribution is 6.48. The van der Waals surface area contributed by atoms with Crippen LogP contribution in [0.5, 0.6) is 0 Å². The summed E-state index contributed by atoms with van der Waals surface area (Å²) in [4.78, 5) is 0. The maximum atomic E-state index is 8.62. The minimum Gasteiger partial charge on any atom is -0.385 e. The number of benzene rings is 1. The van der Waals surface area contributed by atoms with Crippen LogP contribution in [0.25, 0.3) is 0 Å². The largest absolute Gasteiger partial charge is 0.385 e. The van der Waals surface area contributed by atoms with Crippen LogP contribution in [0.15, 0.2) is 12.1 Å². The van der Waals surface area contributed by atoms with Gasteiger partial charge < -0.3 is 5.11 Å². The van der Waals surface area contributed by atoms with Gasteiger partial charge in [0, 0.05) is 5.56 Å². The molecule has 0 spiro atoms. The number of hydrogen-bond acceptors (Lipinski definition) is 1. The molecular weight excluding hydrogens is 206 g/mol. The molecule has 0 saturated carbocycles. The van der Waals surface area contributed by atoms with Crippen LogP contribution in [0.3, 0.4) is 0 Å². The van der Waals surface area contributed by atoms with Crippen LogP contribution in [0.2, 0.25) is 15.1 Å². The Kier molecular flexibility index (Phi) is 3.02. The first kappa shape index (κ1) is 9.14. The van der Waals surface area contributed by atoms with Gasteiger partial charge in [0.1, 0.15) is 6.61 Å². The molecule has 1 radical (unpaired) electrons. The van der Waals surface area contributed by atoms with Gasteiger partial charge in [-0.25, -0.2) is 0 Å². The fourth-order valence-electron chi connectivity index (χ4n) is 0.641. The quantitative estimate of drug-likeness (QED) is 0.703. The average Bonchev–Trinajstić information content (AvgIpc) is 2.01. The standard InChI is InChI=1S/C7H4Cl3O/c8-5-2-1-4(3-11)6(9)7(5)10/h1-3,11H. The average molecular weight is 210 g/mol. The van der Waals surface area contributed by atoms with E-state index in [4.69, 9.17) is 39.9 Å². The van der Waals surface area contributed by atoms with E-state index < -0.39 is 0 Å². The Labute approximate surface area is 79.5 Å². The molecule has 59 valence electrons. The predicted molar refractivity (Wildman–Crippen MR) is 46.8 cm³/mol. The Morgan fingerprint density at radius 3 is 2.27 bits per heavy atom. The number of hydrogen-bond donors (Lipinski definition) is 1. The molecule has 4 heteroatoms. The molecule has 0 aliphatic rings. The molecule has 0 aliphatic heterocycles. The van der Waals surface area contributed by atoms with E-state index in [1.165, 1.54) is 0 Å². The Morgan fingerprint density at radius 2 is 1.73 bits per heavy atom. The van der Waals surface area contributed by atoms with Crippen molar-refractivity contribution in [3.63, 3.8) is 0 Å². The number of rotatable bonds is 1. The lowest BCUT2D eigenvalue weighted by molar-refractivity contribution is 0.415. The number of halogens is 3. The summed E-state index contributed by atoms with van der Waals surface area (Å²) < 4.78 is 0. The van der Waals surface area contributed by atoms with E-state index in [2.05, 4.69) is 0 Å². The number of aliphatic hydroxyl groups is 1. The van der Waals surface area contributed by atoms with Crippen LogP contribution in [0, 0.1) is 6.61 Å². The summed E-state index contributed by atoms with van der Waals surface area (Å²) in [5, 5.41) is 9.53. The second kappa shape index (κ2) is 3.63. The van der Waals surface area contributed by atoms with Crippen molar-refractivity contribution >= 4 is 34.8 Å². The van der Waals surface area contributed by atoms with Crippen LogP contribution in [-0.2, 0) is 0 Å². The molecule has 0 bridgehead atoms. The van der Waals surface area contributed by atoms with E-state index >= 15 is 0 Å². The molecule has 0 saturated heterocycles. The van der Waals surface area contributed by atoms with Gasteiger partial charge in [0.25, 0.3) is 0 Å². The summed E-state index contributed by atoms with van der Waals surface area (Å²) in [5.74, 6) is 0. The normalized spacial score (nSPS) is 10.2. The lowest BCUT2D eigenvalue weighted by atomic mass is 10.2. The topological polar surface area (TPSA) is 20.2 Å². The Bertz CT molecular complexity index is 273. The van der Waals surface area contributed by atoms with Crippen molar-refractivity contribution in [2.24, 2.45) is 0 Å². The van der Waals surface area contributed by atoms with Crippen molar-refractivity contribution in [2.45, 2.75) is 0 Å². The lowest BCUT2D eigenvalue weighted by Crippen LogP contribution is -1.82. The van der Waals surface area contributed by atoms with Gasteiger partial charge in [-0.2, -0.15) is 0 Å². The third-order valence-electron chi connectivity index (χ3n) is 1.20. The molecule has 1 aromatic carbocycles. The first-order valence-electron chi connectivity index (χ1n) is 2.77. The van der Waals surface area contributed by atoms with Gasteiger partial charge in [-0.1, -0.05) is 40.9 Å². The van der Waals surface area contributed by atoms with Crippen LogP contribution >= 0.6 is 34.8 Å². The monoisotopic (exact) mass is 209 g/mol. The minimum atomic E-state index is 0.260. The molecule has 0 heterocycles. The van der Waals surface area contributed by atoms with Gasteiger partial charge in [-0.15, -0.1) is 0 Å². The SMILES string of the molecule is O[CH]c1ccc(Cl)c(Cl)c1Cl. The fraction of sp³-hybridized carbons (Fsp3) is 0.